The van der Waals surface area contributed by atoms with Crippen LogP contribution in [0.2, 0.25) is 0 Å². The van der Waals surface area contributed by atoms with E-state index in [0.29, 0.717) is 19.8 Å². The number of rotatable bonds is 13. The van der Waals surface area contributed by atoms with Crippen LogP contribution in [0.25, 0.3) is 0 Å². The van der Waals surface area contributed by atoms with Crippen molar-refractivity contribution in [1.29, 1.82) is 0 Å². The van der Waals surface area contributed by atoms with Crippen LogP contribution in [0, 0.1) is 0 Å². The van der Waals surface area contributed by atoms with E-state index in [1.165, 1.54) is 0 Å². The third-order valence-electron chi connectivity index (χ3n) is 4.39. The highest BCUT2D eigenvalue weighted by Crippen LogP contribution is 2.21. The number of carbonyl (C=O) groups excluding carboxylic acids is 1. The zero-order valence-corrected chi connectivity index (χ0v) is 19.2. The third kappa shape index (κ3) is 10.7. The van der Waals surface area contributed by atoms with Gasteiger partial charge in [0.15, 0.2) is 0 Å². The molecule has 0 spiro atoms. The number of halogens is 1. The number of nitrogens with one attached hydrogen (secondary N) is 2. The number of alkyl halides is 1. The Hall–Kier alpha value is -2.48. The molecule has 0 heterocycles. The van der Waals surface area contributed by atoms with Gasteiger partial charge in [0.1, 0.15) is 11.8 Å². The molecule has 0 aliphatic carbocycles. The lowest BCUT2D eigenvalue weighted by Gasteiger charge is -2.21. The normalized spacial score (nSPS) is 12.5. The van der Waals surface area contributed by atoms with E-state index in [-0.39, 0.29) is 25.8 Å². The zero-order valence-electron chi connectivity index (χ0n) is 19.2. The first-order valence-electron chi connectivity index (χ1n) is 10.9. The molecule has 7 heteroatoms. The van der Waals surface area contributed by atoms with E-state index in [1.54, 1.807) is 20.8 Å². The average molecular weight is 447 g/mol. The number of hydrogen-bond donors (Lipinski definition) is 2. The van der Waals surface area contributed by atoms with Crippen molar-refractivity contribution >= 4 is 6.09 Å². The van der Waals surface area contributed by atoms with Crippen molar-refractivity contribution in [2.45, 2.75) is 38.6 Å². The molecule has 0 radical (unpaired) electrons. The van der Waals surface area contributed by atoms with Crippen LogP contribution in [0.4, 0.5) is 9.18 Å². The molecule has 2 aromatic rings. The van der Waals surface area contributed by atoms with Gasteiger partial charge in [-0.2, -0.15) is 0 Å². The maximum absolute atomic E-state index is 14.4. The van der Waals surface area contributed by atoms with Crippen molar-refractivity contribution in [2.75, 3.05) is 39.5 Å². The minimum Gasteiger partial charge on any atom is -0.444 e. The van der Waals surface area contributed by atoms with Crippen LogP contribution in [-0.4, -0.2) is 57.4 Å². The summed E-state index contributed by atoms with van der Waals surface area (Å²) in [6.07, 6.45) is -1.62. The van der Waals surface area contributed by atoms with Crippen molar-refractivity contribution in [3.05, 3.63) is 71.8 Å². The number of carbonyl (C=O) groups is 1. The molecule has 1 atom stereocenters. The summed E-state index contributed by atoms with van der Waals surface area (Å²) in [5, 5.41) is 5.92. The molecule has 0 aromatic heterocycles. The van der Waals surface area contributed by atoms with E-state index >= 15 is 0 Å². The number of hydrogen-bond acceptors (Lipinski definition) is 5. The number of alkyl carbamates (subject to hydrolysis) is 1. The Kier molecular flexibility index (Phi) is 11.1. The Morgan fingerprint density at radius 3 is 2.03 bits per heavy atom. The SMILES string of the molecule is CC(C)(C)OC(=O)NCCOCCOCC(F)CNC(c1ccccc1)c1ccccc1. The molecule has 1 amide bonds. The Bertz CT molecular complexity index is 729. The van der Waals surface area contributed by atoms with Gasteiger partial charge in [0.25, 0.3) is 0 Å². The molecule has 6 nitrogen and oxygen atoms in total. The summed E-state index contributed by atoms with van der Waals surface area (Å²) in [6.45, 7) is 6.86. The van der Waals surface area contributed by atoms with E-state index in [2.05, 4.69) is 10.6 Å². The lowest BCUT2D eigenvalue weighted by Crippen LogP contribution is -2.34. The van der Waals surface area contributed by atoms with Gasteiger partial charge < -0.3 is 24.8 Å². The summed E-state index contributed by atoms with van der Waals surface area (Å²) in [7, 11) is 0. The molecule has 0 saturated heterocycles. The standard InChI is InChI=1S/C25H35FN2O4/c1-25(2,3)32-24(29)27-14-15-30-16-17-31-19-22(26)18-28-23(20-10-6-4-7-11-20)21-12-8-5-9-13-21/h4-13,22-23,28H,14-19H2,1-3H3,(H,27,29). The molecule has 32 heavy (non-hydrogen) atoms. The van der Waals surface area contributed by atoms with Crippen LogP contribution in [0.15, 0.2) is 60.7 Å². The van der Waals surface area contributed by atoms with Crippen molar-refractivity contribution < 1.29 is 23.4 Å². The van der Waals surface area contributed by atoms with Gasteiger partial charge in [-0.3, -0.25) is 0 Å². The summed E-state index contributed by atoms with van der Waals surface area (Å²) in [6, 6.07) is 19.9. The fraction of sp³-hybridized carbons (Fsp3) is 0.480. The first-order chi connectivity index (χ1) is 15.3. The van der Waals surface area contributed by atoms with Crippen LogP contribution in [0.1, 0.15) is 37.9 Å². The summed E-state index contributed by atoms with van der Waals surface area (Å²) in [4.78, 5) is 11.5. The van der Waals surface area contributed by atoms with E-state index in [4.69, 9.17) is 14.2 Å². The predicted molar refractivity (Wildman–Crippen MR) is 124 cm³/mol. The summed E-state index contributed by atoms with van der Waals surface area (Å²) < 4.78 is 30.2. The van der Waals surface area contributed by atoms with E-state index in [1.807, 2.05) is 60.7 Å². The highest BCUT2D eigenvalue weighted by molar-refractivity contribution is 5.67. The highest BCUT2D eigenvalue weighted by atomic mass is 19.1. The fourth-order valence-corrected chi connectivity index (χ4v) is 2.99. The molecule has 0 fully saturated rings. The van der Waals surface area contributed by atoms with Gasteiger partial charge >= 0.3 is 6.09 Å². The molecule has 0 aliphatic rings. The first-order valence-corrected chi connectivity index (χ1v) is 10.9. The summed E-state index contributed by atoms with van der Waals surface area (Å²) in [5.74, 6) is 0. The maximum atomic E-state index is 14.4. The van der Waals surface area contributed by atoms with Crippen molar-refractivity contribution in [1.82, 2.24) is 10.6 Å². The Labute approximate surface area is 190 Å². The van der Waals surface area contributed by atoms with Crippen molar-refractivity contribution in [3.8, 4) is 0 Å². The van der Waals surface area contributed by atoms with E-state index in [0.717, 1.165) is 11.1 Å². The second-order valence-electron chi connectivity index (χ2n) is 8.38. The van der Waals surface area contributed by atoms with Gasteiger partial charge in [0.05, 0.1) is 32.5 Å². The molecule has 2 N–H and O–H groups in total. The zero-order chi connectivity index (χ0) is 23.2. The fourth-order valence-electron chi connectivity index (χ4n) is 2.99. The van der Waals surface area contributed by atoms with Crippen LogP contribution >= 0.6 is 0 Å². The van der Waals surface area contributed by atoms with Crippen LogP contribution < -0.4 is 10.6 Å². The first kappa shape index (κ1) is 25.8. The largest absolute Gasteiger partial charge is 0.444 e. The second kappa shape index (κ2) is 13.8. The van der Waals surface area contributed by atoms with Crippen LogP contribution in [0.3, 0.4) is 0 Å². The third-order valence-corrected chi connectivity index (χ3v) is 4.39. The lowest BCUT2D eigenvalue weighted by molar-refractivity contribution is 0.0243. The quantitative estimate of drug-likeness (QED) is 0.450. The van der Waals surface area contributed by atoms with Crippen LogP contribution in [0.5, 0.6) is 0 Å². The average Bonchev–Trinajstić information content (AvgIpc) is 2.76. The predicted octanol–water partition coefficient (Wildman–Crippen LogP) is 4.26. The minimum absolute atomic E-state index is 0.0111. The van der Waals surface area contributed by atoms with E-state index < -0.39 is 17.9 Å². The molecule has 2 rings (SSSR count). The number of ether oxygens (including phenoxy) is 3. The molecule has 176 valence electrons. The van der Waals surface area contributed by atoms with Gasteiger partial charge in [-0.15, -0.1) is 0 Å². The topological polar surface area (TPSA) is 68.8 Å². The van der Waals surface area contributed by atoms with Crippen molar-refractivity contribution in [2.24, 2.45) is 0 Å². The summed E-state index contributed by atoms with van der Waals surface area (Å²) >= 11 is 0. The molecule has 2 aromatic carbocycles. The smallest absolute Gasteiger partial charge is 0.407 e. The van der Waals surface area contributed by atoms with E-state index in [9.17, 15) is 9.18 Å². The maximum Gasteiger partial charge on any atom is 0.407 e. The van der Waals surface area contributed by atoms with Gasteiger partial charge in [0.2, 0.25) is 0 Å². The minimum atomic E-state index is -1.14. The Morgan fingerprint density at radius 2 is 1.47 bits per heavy atom. The molecular weight excluding hydrogens is 411 g/mol. The van der Waals surface area contributed by atoms with Gasteiger partial charge in [-0.1, -0.05) is 60.7 Å². The molecule has 0 bridgehead atoms. The van der Waals surface area contributed by atoms with Gasteiger partial charge in [-0.25, -0.2) is 9.18 Å². The number of benzene rings is 2. The molecular formula is C25H35FN2O4. The van der Waals surface area contributed by atoms with Crippen molar-refractivity contribution in [3.63, 3.8) is 0 Å². The summed E-state index contributed by atoms with van der Waals surface area (Å²) in [5.41, 5.74) is 1.64. The molecule has 0 saturated carbocycles. The molecule has 0 aliphatic heterocycles. The van der Waals surface area contributed by atoms with Crippen LogP contribution in [-0.2, 0) is 14.2 Å². The van der Waals surface area contributed by atoms with Gasteiger partial charge in [0, 0.05) is 13.1 Å². The lowest BCUT2D eigenvalue weighted by atomic mass is 9.98. The van der Waals surface area contributed by atoms with Gasteiger partial charge in [-0.05, 0) is 31.9 Å². The Morgan fingerprint density at radius 1 is 0.906 bits per heavy atom. The second-order valence-corrected chi connectivity index (χ2v) is 8.38. The Balaban J connectivity index is 1.60. The monoisotopic (exact) mass is 446 g/mol. The highest BCUT2D eigenvalue weighted by Gasteiger charge is 2.16. The number of amides is 1. The molecule has 1 unspecified atom stereocenters.